The molecule has 0 atom stereocenters. The van der Waals surface area contributed by atoms with Crippen LogP contribution in [0.3, 0.4) is 0 Å². The van der Waals surface area contributed by atoms with Crippen LogP contribution in [0.1, 0.15) is 24.2 Å². The van der Waals surface area contributed by atoms with Crippen molar-refractivity contribution < 1.29 is 18.4 Å². The summed E-state index contributed by atoms with van der Waals surface area (Å²) in [6.45, 7) is 4.17. The Hall–Kier alpha value is -1.98. The normalized spacial score (nSPS) is 10.5. The van der Waals surface area contributed by atoms with Gasteiger partial charge in [-0.25, -0.2) is 8.78 Å². The largest absolute Gasteiger partial charge is 0.354 e. The molecular formula is C14H18F2N2O2. The summed E-state index contributed by atoms with van der Waals surface area (Å²) in [4.78, 5) is 24.6. The SMILES string of the molecule is CC(C)CNC(=O)CN(C)C(=O)c1cccc(F)c1F. The molecule has 1 rings (SSSR count). The highest BCUT2D eigenvalue weighted by Gasteiger charge is 2.20. The van der Waals surface area contributed by atoms with Gasteiger partial charge >= 0.3 is 0 Å². The van der Waals surface area contributed by atoms with Gasteiger partial charge in [0.05, 0.1) is 12.1 Å². The van der Waals surface area contributed by atoms with Gasteiger partial charge in [-0.3, -0.25) is 9.59 Å². The number of halogens is 2. The van der Waals surface area contributed by atoms with E-state index in [1.807, 2.05) is 13.8 Å². The zero-order valence-corrected chi connectivity index (χ0v) is 11.7. The zero-order valence-electron chi connectivity index (χ0n) is 11.7. The lowest BCUT2D eigenvalue weighted by Crippen LogP contribution is -2.39. The lowest BCUT2D eigenvalue weighted by Gasteiger charge is -2.17. The molecule has 110 valence electrons. The Labute approximate surface area is 116 Å². The van der Waals surface area contributed by atoms with E-state index in [-0.39, 0.29) is 18.0 Å². The number of nitrogens with one attached hydrogen (secondary N) is 1. The first-order valence-corrected chi connectivity index (χ1v) is 6.29. The van der Waals surface area contributed by atoms with Crippen LogP contribution in [0.4, 0.5) is 8.78 Å². The summed E-state index contributed by atoms with van der Waals surface area (Å²) >= 11 is 0. The molecule has 2 amide bonds. The minimum atomic E-state index is -1.20. The average molecular weight is 284 g/mol. The zero-order chi connectivity index (χ0) is 15.3. The molecule has 0 bridgehead atoms. The second-order valence-corrected chi connectivity index (χ2v) is 4.96. The molecule has 1 N–H and O–H groups in total. The number of hydrogen-bond donors (Lipinski definition) is 1. The highest BCUT2D eigenvalue weighted by Crippen LogP contribution is 2.13. The summed E-state index contributed by atoms with van der Waals surface area (Å²) in [6.07, 6.45) is 0. The van der Waals surface area contributed by atoms with Crippen LogP contribution in [0.25, 0.3) is 0 Å². The number of hydrogen-bond acceptors (Lipinski definition) is 2. The number of amides is 2. The van der Waals surface area contributed by atoms with Crippen LogP contribution in [0.2, 0.25) is 0 Å². The van der Waals surface area contributed by atoms with Crippen molar-refractivity contribution in [3.8, 4) is 0 Å². The summed E-state index contributed by atoms with van der Waals surface area (Å²) in [7, 11) is 1.36. The molecule has 0 fully saturated rings. The number of nitrogens with zero attached hydrogens (tertiary/aromatic N) is 1. The number of carbonyl (C=O) groups excluding carboxylic acids is 2. The van der Waals surface area contributed by atoms with Crippen molar-refractivity contribution in [2.24, 2.45) is 5.92 Å². The Kier molecular flexibility index (Phi) is 5.61. The fraction of sp³-hybridized carbons (Fsp3) is 0.429. The second kappa shape index (κ2) is 6.98. The maximum Gasteiger partial charge on any atom is 0.257 e. The van der Waals surface area contributed by atoms with Gasteiger partial charge in [0.2, 0.25) is 5.91 Å². The molecule has 0 unspecified atom stereocenters. The first-order valence-electron chi connectivity index (χ1n) is 6.29. The molecule has 20 heavy (non-hydrogen) atoms. The van der Waals surface area contributed by atoms with Crippen LogP contribution in [-0.4, -0.2) is 36.9 Å². The van der Waals surface area contributed by atoms with Crippen molar-refractivity contribution in [1.29, 1.82) is 0 Å². The molecule has 0 aromatic heterocycles. The minimum absolute atomic E-state index is 0.207. The monoisotopic (exact) mass is 284 g/mol. The summed E-state index contributed by atoms with van der Waals surface area (Å²) in [5.74, 6) is -3.07. The molecular weight excluding hydrogens is 266 g/mol. The predicted molar refractivity (Wildman–Crippen MR) is 71.2 cm³/mol. The molecule has 0 radical (unpaired) electrons. The van der Waals surface area contributed by atoms with Crippen molar-refractivity contribution >= 4 is 11.8 Å². The van der Waals surface area contributed by atoms with E-state index < -0.39 is 17.5 Å². The van der Waals surface area contributed by atoms with Gasteiger partial charge in [0.15, 0.2) is 11.6 Å². The molecule has 0 aliphatic carbocycles. The number of rotatable bonds is 5. The molecule has 0 spiro atoms. The van der Waals surface area contributed by atoms with Gasteiger partial charge in [0.1, 0.15) is 0 Å². The van der Waals surface area contributed by atoms with E-state index in [0.717, 1.165) is 11.0 Å². The Bertz CT molecular complexity index is 504. The molecule has 1 aromatic rings. The quantitative estimate of drug-likeness (QED) is 0.896. The molecule has 0 aliphatic rings. The third-order valence-corrected chi connectivity index (χ3v) is 2.62. The van der Waals surface area contributed by atoms with E-state index in [1.165, 1.54) is 19.2 Å². The summed E-state index contributed by atoms with van der Waals surface area (Å²) < 4.78 is 26.5. The van der Waals surface area contributed by atoms with Crippen molar-refractivity contribution in [1.82, 2.24) is 10.2 Å². The van der Waals surface area contributed by atoms with Crippen molar-refractivity contribution in [3.05, 3.63) is 35.4 Å². The van der Waals surface area contributed by atoms with Crippen molar-refractivity contribution in [2.75, 3.05) is 20.1 Å². The van der Waals surface area contributed by atoms with Gasteiger partial charge in [-0.2, -0.15) is 0 Å². The fourth-order valence-corrected chi connectivity index (χ4v) is 1.54. The van der Waals surface area contributed by atoms with Gasteiger partial charge in [0, 0.05) is 13.6 Å². The highest BCUT2D eigenvalue weighted by atomic mass is 19.2. The Morgan fingerprint density at radius 3 is 2.55 bits per heavy atom. The fourth-order valence-electron chi connectivity index (χ4n) is 1.54. The van der Waals surface area contributed by atoms with Crippen LogP contribution in [0.5, 0.6) is 0 Å². The van der Waals surface area contributed by atoms with E-state index in [9.17, 15) is 18.4 Å². The molecule has 4 nitrogen and oxygen atoms in total. The first-order chi connectivity index (χ1) is 9.32. The van der Waals surface area contributed by atoms with Crippen LogP contribution in [-0.2, 0) is 4.79 Å². The van der Waals surface area contributed by atoms with Crippen molar-refractivity contribution in [3.63, 3.8) is 0 Å². The van der Waals surface area contributed by atoms with E-state index in [0.29, 0.717) is 12.5 Å². The number of likely N-dealkylation sites (N-methyl/N-ethyl adjacent to an activating group) is 1. The van der Waals surface area contributed by atoms with E-state index in [1.54, 1.807) is 0 Å². The summed E-state index contributed by atoms with van der Waals surface area (Å²) in [6, 6.07) is 3.36. The van der Waals surface area contributed by atoms with E-state index in [4.69, 9.17) is 0 Å². The van der Waals surface area contributed by atoms with Crippen LogP contribution >= 0.6 is 0 Å². The molecule has 0 saturated carbocycles. The number of carbonyl (C=O) groups is 2. The lowest BCUT2D eigenvalue weighted by atomic mass is 10.2. The molecule has 1 aromatic carbocycles. The maximum atomic E-state index is 13.5. The van der Waals surface area contributed by atoms with Gasteiger partial charge in [-0.05, 0) is 18.1 Å². The molecule has 0 aliphatic heterocycles. The van der Waals surface area contributed by atoms with Crippen LogP contribution < -0.4 is 5.32 Å². The molecule has 0 saturated heterocycles. The lowest BCUT2D eigenvalue weighted by molar-refractivity contribution is -0.121. The maximum absolute atomic E-state index is 13.5. The smallest absolute Gasteiger partial charge is 0.257 e. The molecule has 6 heteroatoms. The third-order valence-electron chi connectivity index (χ3n) is 2.62. The van der Waals surface area contributed by atoms with Gasteiger partial charge in [-0.15, -0.1) is 0 Å². The standard InChI is InChI=1S/C14H18F2N2O2/c1-9(2)7-17-12(19)8-18(3)14(20)10-5-4-6-11(15)13(10)16/h4-6,9H,7-8H2,1-3H3,(H,17,19). The summed E-state index contributed by atoms with van der Waals surface area (Å²) in [5, 5.41) is 2.64. The first kappa shape index (κ1) is 16.1. The van der Waals surface area contributed by atoms with E-state index in [2.05, 4.69) is 5.32 Å². The van der Waals surface area contributed by atoms with E-state index >= 15 is 0 Å². The third kappa shape index (κ3) is 4.29. The molecule has 0 heterocycles. The Balaban J connectivity index is 2.67. The Morgan fingerprint density at radius 2 is 1.95 bits per heavy atom. The van der Waals surface area contributed by atoms with Gasteiger partial charge in [-0.1, -0.05) is 19.9 Å². The van der Waals surface area contributed by atoms with Crippen LogP contribution in [0, 0.1) is 17.6 Å². The second-order valence-electron chi connectivity index (χ2n) is 4.96. The average Bonchev–Trinajstić information content (AvgIpc) is 2.38. The number of benzene rings is 1. The predicted octanol–water partition coefficient (Wildman–Crippen LogP) is 1.81. The van der Waals surface area contributed by atoms with Gasteiger partial charge in [0.25, 0.3) is 5.91 Å². The van der Waals surface area contributed by atoms with Crippen LogP contribution in [0.15, 0.2) is 18.2 Å². The van der Waals surface area contributed by atoms with Crippen molar-refractivity contribution in [2.45, 2.75) is 13.8 Å². The van der Waals surface area contributed by atoms with Gasteiger partial charge < -0.3 is 10.2 Å². The minimum Gasteiger partial charge on any atom is -0.354 e. The Morgan fingerprint density at radius 1 is 1.30 bits per heavy atom. The summed E-state index contributed by atoms with van der Waals surface area (Å²) in [5.41, 5.74) is -0.385. The topological polar surface area (TPSA) is 49.4 Å². The highest BCUT2D eigenvalue weighted by molar-refractivity contribution is 5.96.